The van der Waals surface area contributed by atoms with Gasteiger partial charge in [0.25, 0.3) is 0 Å². The summed E-state index contributed by atoms with van der Waals surface area (Å²) in [6.45, 7) is 2.19. The fourth-order valence-electron chi connectivity index (χ4n) is 3.60. The predicted molar refractivity (Wildman–Crippen MR) is 89.6 cm³/mol. The number of rotatable bonds is 5. The van der Waals surface area contributed by atoms with Crippen LogP contribution in [0.25, 0.3) is 0 Å². The highest BCUT2D eigenvalue weighted by atomic mass is 16.5. The van der Waals surface area contributed by atoms with Gasteiger partial charge in [0.15, 0.2) is 0 Å². The molecule has 2 aliphatic heterocycles. The highest BCUT2D eigenvalue weighted by Gasteiger charge is 2.40. The second kappa shape index (κ2) is 7.23. The highest BCUT2D eigenvalue weighted by molar-refractivity contribution is 5.34. The molecule has 24 heavy (non-hydrogen) atoms. The third kappa shape index (κ3) is 3.39. The Hall–Kier alpha value is -2.05. The second-order valence-corrected chi connectivity index (χ2v) is 6.35. The van der Waals surface area contributed by atoms with E-state index in [0.29, 0.717) is 19.3 Å². The molecular formula is C18H22N4O2. The smallest absolute Gasteiger partial charge is 0.225 e. The van der Waals surface area contributed by atoms with Crippen LogP contribution >= 0.6 is 0 Å². The standard InChI is InChI=1S/C18H22N4O2/c1-3-14(11-19-7-1)12-23-13-15-4-5-16-17(24-15)6-10-22(16)18-20-8-2-9-21-18/h1-3,7-9,11,15-17H,4-6,10,12-13H2/t15?,16-,17-/m0/s1. The van der Waals surface area contributed by atoms with E-state index < -0.39 is 0 Å². The van der Waals surface area contributed by atoms with Crippen LogP contribution in [0.2, 0.25) is 0 Å². The van der Waals surface area contributed by atoms with Crippen molar-refractivity contribution in [2.75, 3.05) is 18.1 Å². The zero-order valence-corrected chi connectivity index (χ0v) is 13.6. The van der Waals surface area contributed by atoms with Crippen molar-refractivity contribution in [3.63, 3.8) is 0 Å². The van der Waals surface area contributed by atoms with Crippen molar-refractivity contribution < 1.29 is 9.47 Å². The summed E-state index contributed by atoms with van der Waals surface area (Å²) < 4.78 is 12.1. The molecule has 0 aromatic carbocycles. The Kier molecular flexibility index (Phi) is 4.66. The highest BCUT2D eigenvalue weighted by Crippen LogP contribution is 2.33. The van der Waals surface area contributed by atoms with E-state index in [1.165, 1.54) is 0 Å². The number of ether oxygens (including phenoxy) is 2. The van der Waals surface area contributed by atoms with Crippen LogP contribution in [0.4, 0.5) is 5.95 Å². The van der Waals surface area contributed by atoms with E-state index in [-0.39, 0.29) is 12.2 Å². The zero-order valence-electron chi connectivity index (χ0n) is 13.6. The van der Waals surface area contributed by atoms with Gasteiger partial charge in [-0.05, 0) is 37.0 Å². The molecule has 3 atom stereocenters. The third-order valence-corrected chi connectivity index (χ3v) is 4.74. The SMILES string of the molecule is c1cnc(N2CC[C@@H]3OC(COCc4cccnc4)CC[C@@H]32)nc1. The zero-order chi connectivity index (χ0) is 16.2. The number of aromatic nitrogens is 3. The lowest BCUT2D eigenvalue weighted by atomic mass is 9.99. The molecule has 0 spiro atoms. The summed E-state index contributed by atoms with van der Waals surface area (Å²) in [6.07, 6.45) is 10.8. The van der Waals surface area contributed by atoms with Gasteiger partial charge in [0, 0.05) is 31.3 Å². The molecule has 0 aliphatic carbocycles. The summed E-state index contributed by atoms with van der Waals surface area (Å²) in [7, 11) is 0. The molecule has 4 heterocycles. The number of hydrogen-bond acceptors (Lipinski definition) is 6. The first-order chi connectivity index (χ1) is 11.9. The molecule has 2 aromatic rings. The van der Waals surface area contributed by atoms with Crippen LogP contribution in [0, 0.1) is 0 Å². The van der Waals surface area contributed by atoms with Crippen molar-refractivity contribution in [2.45, 2.75) is 44.1 Å². The van der Waals surface area contributed by atoms with Crippen LogP contribution in [0.3, 0.4) is 0 Å². The van der Waals surface area contributed by atoms with E-state index in [2.05, 4.69) is 19.9 Å². The van der Waals surface area contributed by atoms with Gasteiger partial charge in [0.05, 0.1) is 31.5 Å². The van der Waals surface area contributed by atoms with Gasteiger partial charge >= 0.3 is 0 Å². The average Bonchev–Trinajstić information content (AvgIpc) is 3.07. The minimum atomic E-state index is 0.180. The maximum absolute atomic E-state index is 6.26. The first-order valence-electron chi connectivity index (χ1n) is 8.56. The number of hydrogen-bond donors (Lipinski definition) is 0. The number of anilines is 1. The van der Waals surface area contributed by atoms with Crippen LogP contribution in [0.1, 0.15) is 24.8 Å². The Labute approximate surface area is 141 Å². The summed E-state index contributed by atoms with van der Waals surface area (Å²) in [5.41, 5.74) is 1.10. The summed E-state index contributed by atoms with van der Waals surface area (Å²) >= 11 is 0. The lowest BCUT2D eigenvalue weighted by Crippen LogP contribution is -2.44. The Balaban J connectivity index is 1.28. The molecule has 2 saturated heterocycles. The Morgan fingerprint density at radius 1 is 1.12 bits per heavy atom. The van der Waals surface area contributed by atoms with Gasteiger partial charge in [-0.25, -0.2) is 9.97 Å². The van der Waals surface area contributed by atoms with Gasteiger partial charge in [-0.1, -0.05) is 6.07 Å². The molecular weight excluding hydrogens is 304 g/mol. The summed E-state index contributed by atoms with van der Waals surface area (Å²) in [6, 6.07) is 6.20. The minimum Gasteiger partial charge on any atom is -0.374 e. The summed E-state index contributed by atoms with van der Waals surface area (Å²) in [4.78, 5) is 15.2. The van der Waals surface area contributed by atoms with Crippen molar-refractivity contribution in [2.24, 2.45) is 0 Å². The minimum absolute atomic E-state index is 0.180. The van der Waals surface area contributed by atoms with Crippen molar-refractivity contribution in [1.82, 2.24) is 15.0 Å². The lowest BCUT2D eigenvalue weighted by Gasteiger charge is -2.35. The average molecular weight is 326 g/mol. The number of fused-ring (bicyclic) bond motifs is 1. The van der Waals surface area contributed by atoms with Crippen LogP contribution in [0.15, 0.2) is 43.0 Å². The first-order valence-corrected chi connectivity index (χ1v) is 8.56. The molecule has 126 valence electrons. The summed E-state index contributed by atoms with van der Waals surface area (Å²) in [5, 5.41) is 0. The van der Waals surface area contributed by atoms with Gasteiger partial charge in [-0.3, -0.25) is 4.98 Å². The molecule has 0 saturated carbocycles. The van der Waals surface area contributed by atoms with E-state index in [1.54, 1.807) is 18.6 Å². The van der Waals surface area contributed by atoms with Crippen molar-refractivity contribution >= 4 is 5.95 Å². The van der Waals surface area contributed by atoms with Crippen LogP contribution in [0.5, 0.6) is 0 Å². The van der Waals surface area contributed by atoms with Crippen molar-refractivity contribution in [3.05, 3.63) is 48.5 Å². The molecule has 0 N–H and O–H groups in total. The fourth-order valence-corrected chi connectivity index (χ4v) is 3.60. The van der Waals surface area contributed by atoms with Crippen LogP contribution < -0.4 is 4.90 Å². The fraction of sp³-hybridized carbons (Fsp3) is 0.500. The molecule has 0 radical (unpaired) electrons. The molecule has 4 rings (SSSR count). The van der Waals surface area contributed by atoms with E-state index in [9.17, 15) is 0 Å². The van der Waals surface area contributed by atoms with Crippen LogP contribution in [-0.4, -0.2) is 46.4 Å². The molecule has 6 nitrogen and oxygen atoms in total. The monoisotopic (exact) mass is 326 g/mol. The van der Waals surface area contributed by atoms with E-state index in [1.807, 2.05) is 24.4 Å². The molecule has 6 heteroatoms. The second-order valence-electron chi connectivity index (χ2n) is 6.35. The Bertz CT molecular complexity index is 640. The largest absolute Gasteiger partial charge is 0.374 e. The molecule has 0 amide bonds. The van der Waals surface area contributed by atoms with E-state index >= 15 is 0 Å². The molecule has 2 aliphatic rings. The van der Waals surface area contributed by atoms with E-state index in [0.717, 1.165) is 37.3 Å². The van der Waals surface area contributed by atoms with Crippen LogP contribution in [-0.2, 0) is 16.1 Å². The Morgan fingerprint density at radius 2 is 2.04 bits per heavy atom. The molecule has 1 unspecified atom stereocenters. The number of pyridine rings is 1. The van der Waals surface area contributed by atoms with Gasteiger partial charge in [0.1, 0.15) is 0 Å². The van der Waals surface area contributed by atoms with Gasteiger partial charge in [0.2, 0.25) is 5.95 Å². The normalized spacial score (nSPS) is 26.3. The third-order valence-electron chi connectivity index (χ3n) is 4.74. The molecule has 0 bridgehead atoms. The quantitative estimate of drug-likeness (QED) is 0.839. The maximum Gasteiger partial charge on any atom is 0.225 e. The maximum atomic E-state index is 6.26. The van der Waals surface area contributed by atoms with Crippen molar-refractivity contribution in [1.29, 1.82) is 0 Å². The Morgan fingerprint density at radius 3 is 2.88 bits per heavy atom. The van der Waals surface area contributed by atoms with Gasteiger partial charge in [-0.15, -0.1) is 0 Å². The van der Waals surface area contributed by atoms with Gasteiger partial charge < -0.3 is 14.4 Å². The molecule has 2 fully saturated rings. The van der Waals surface area contributed by atoms with Crippen molar-refractivity contribution in [3.8, 4) is 0 Å². The topological polar surface area (TPSA) is 60.4 Å². The molecule has 2 aromatic heterocycles. The summed E-state index contributed by atoms with van der Waals surface area (Å²) in [5.74, 6) is 0.819. The number of nitrogens with zero attached hydrogens (tertiary/aromatic N) is 4. The van der Waals surface area contributed by atoms with Gasteiger partial charge in [-0.2, -0.15) is 0 Å². The lowest BCUT2D eigenvalue weighted by molar-refractivity contribution is -0.0889. The first kappa shape index (κ1) is 15.5. The predicted octanol–water partition coefficient (Wildman–Crippen LogP) is 2.21. The van der Waals surface area contributed by atoms with E-state index in [4.69, 9.17) is 9.47 Å².